The molecular formula is C15H27N3O2. The summed E-state index contributed by atoms with van der Waals surface area (Å²) in [5, 5.41) is 13.4. The first-order chi connectivity index (χ1) is 9.61. The quantitative estimate of drug-likeness (QED) is 0.764. The number of rotatable bonds is 4. The highest BCUT2D eigenvalue weighted by Crippen LogP contribution is 2.53. The Kier molecular flexibility index (Phi) is 4.02. The summed E-state index contributed by atoms with van der Waals surface area (Å²) in [4.78, 5) is 16.3. The summed E-state index contributed by atoms with van der Waals surface area (Å²) >= 11 is 0. The smallest absolute Gasteiger partial charge is 0.239 e. The SMILES string of the molecule is C[C@@H]1NCCN(CCCN2CCC3(CC3)[C@H](O)C2)C1=O. The van der Waals surface area contributed by atoms with Crippen molar-refractivity contribution >= 4 is 5.91 Å². The van der Waals surface area contributed by atoms with E-state index in [0.29, 0.717) is 5.41 Å². The third kappa shape index (κ3) is 2.85. The molecule has 2 atom stereocenters. The molecule has 0 aromatic rings. The van der Waals surface area contributed by atoms with Crippen LogP contribution in [0.3, 0.4) is 0 Å². The van der Waals surface area contributed by atoms with Crippen molar-refractivity contribution in [3.8, 4) is 0 Å². The number of piperazine rings is 1. The molecule has 1 spiro atoms. The van der Waals surface area contributed by atoms with Crippen LogP contribution in [-0.4, -0.2) is 72.2 Å². The van der Waals surface area contributed by atoms with Gasteiger partial charge in [0.25, 0.3) is 0 Å². The van der Waals surface area contributed by atoms with Crippen LogP contribution in [-0.2, 0) is 4.79 Å². The summed E-state index contributed by atoms with van der Waals surface area (Å²) in [5.41, 5.74) is 0.292. The minimum absolute atomic E-state index is 0.0321. The molecule has 0 unspecified atom stereocenters. The average Bonchev–Trinajstić information content (AvgIpc) is 3.20. The van der Waals surface area contributed by atoms with Gasteiger partial charge in [-0.05, 0) is 51.1 Å². The molecule has 1 amide bonds. The van der Waals surface area contributed by atoms with Crippen LogP contribution in [0.25, 0.3) is 0 Å². The molecule has 0 aromatic heterocycles. The lowest BCUT2D eigenvalue weighted by Crippen LogP contribution is -2.54. The fourth-order valence-corrected chi connectivity index (χ4v) is 3.62. The van der Waals surface area contributed by atoms with Gasteiger partial charge in [0.15, 0.2) is 0 Å². The van der Waals surface area contributed by atoms with Crippen LogP contribution in [0.2, 0.25) is 0 Å². The molecular weight excluding hydrogens is 254 g/mol. The zero-order chi connectivity index (χ0) is 14.2. The van der Waals surface area contributed by atoms with E-state index >= 15 is 0 Å². The predicted molar refractivity (Wildman–Crippen MR) is 77.4 cm³/mol. The Morgan fingerprint density at radius 1 is 1.30 bits per heavy atom. The Balaban J connectivity index is 1.38. The van der Waals surface area contributed by atoms with Crippen molar-refractivity contribution in [2.45, 2.75) is 44.8 Å². The predicted octanol–water partition coefficient (Wildman–Crippen LogP) is 0.0436. The highest BCUT2D eigenvalue weighted by molar-refractivity contribution is 5.82. The van der Waals surface area contributed by atoms with Gasteiger partial charge in [0.2, 0.25) is 5.91 Å². The second-order valence-corrected chi connectivity index (χ2v) is 6.78. The topological polar surface area (TPSA) is 55.8 Å². The molecule has 1 saturated carbocycles. The van der Waals surface area contributed by atoms with Gasteiger partial charge >= 0.3 is 0 Å². The summed E-state index contributed by atoms with van der Waals surface area (Å²) in [6.07, 6.45) is 4.47. The summed E-state index contributed by atoms with van der Waals surface area (Å²) in [7, 11) is 0. The Morgan fingerprint density at radius 3 is 2.80 bits per heavy atom. The van der Waals surface area contributed by atoms with Crippen molar-refractivity contribution in [3.63, 3.8) is 0 Å². The third-order valence-electron chi connectivity index (χ3n) is 5.37. The molecule has 2 heterocycles. The van der Waals surface area contributed by atoms with E-state index in [9.17, 15) is 9.90 Å². The van der Waals surface area contributed by atoms with Gasteiger partial charge in [0.05, 0.1) is 12.1 Å². The third-order valence-corrected chi connectivity index (χ3v) is 5.37. The van der Waals surface area contributed by atoms with E-state index in [4.69, 9.17) is 0 Å². The molecule has 5 heteroatoms. The molecule has 0 aromatic carbocycles. The molecule has 0 bridgehead atoms. The zero-order valence-corrected chi connectivity index (χ0v) is 12.5. The molecule has 5 nitrogen and oxygen atoms in total. The largest absolute Gasteiger partial charge is 0.391 e. The van der Waals surface area contributed by atoms with Gasteiger partial charge in [-0.3, -0.25) is 4.79 Å². The fraction of sp³-hybridized carbons (Fsp3) is 0.933. The number of likely N-dealkylation sites (tertiary alicyclic amines) is 1. The number of hydrogen-bond acceptors (Lipinski definition) is 4. The van der Waals surface area contributed by atoms with Crippen LogP contribution in [0.15, 0.2) is 0 Å². The number of aliphatic hydroxyl groups is 1. The van der Waals surface area contributed by atoms with E-state index in [1.807, 2.05) is 11.8 Å². The maximum absolute atomic E-state index is 12.0. The van der Waals surface area contributed by atoms with Crippen molar-refractivity contribution in [1.82, 2.24) is 15.1 Å². The van der Waals surface area contributed by atoms with Gasteiger partial charge in [0, 0.05) is 26.2 Å². The average molecular weight is 281 g/mol. The lowest BCUT2D eigenvalue weighted by Gasteiger charge is -2.37. The van der Waals surface area contributed by atoms with Crippen molar-refractivity contribution < 1.29 is 9.90 Å². The first-order valence-corrected chi connectivity index (χ1v) is 8.03. The van der Waals surface area contributed by atoms with E-state index in [0.717, 1.165) is 52.1 Å². The van der Waals surface area contributed by atoms with E-state index < -0.39 is 0 Å². The van der Waals surface area contributed by atoms with Crippen molar-refractivity contribution in [2.75, 3.05) is 39.3 Å². The van der Waals surface area contributed by atoms with Crippen LogP contribution in [0, 0.1) is 5.41 Å². The number of nitrogens with zero attached hydrogens (tertiary/aromatic N) is 2. The maximum atomic E-state index is 12.0. The summed E-state index contributed by atoms with van der Waals surface area (Å²) in [6, 6.07) is -0.0321. The molecule has 20 heavy (non-hydrogen) atoms. The highest BCUT2D eigenvalue weighted by Gasteiger charge is 2.50. The van der Waals surface area contributed by atoms with Crippen LogP contribution in [0.1, 0.15) is 32.6 Å². The Morgan fingerprint density at radius 2 is 2.10 bits per heavy atom. The van der Waals surface area contributed by atoms with Crippen LogP contribution in [0.4, 0.5) is 0 Å². The van der Waals surface area contributed by atoms with Gasteiger partial charge in [-0.25, -0.2) is 0 Å². The van der Waals surface area contributed by atoms with E-state index in [2.05, 4.69) is 10.2 Å². The Bertz CT molecular complexity index is 370. The highest BCUT2D eigenvalue weighted by atomic mass is 16.3. The molecule has 1 aliphatic carbocycles. The van der Waals surface area contributed by atoms with E-state index in [-0.39, 0.29) is 18.1 Å². The molecule has 3 aliphatic rings. The standard InChI is InChI=1S/C15H27N3O2/c1-12-14(20)18(10-6-16-12)8-2-7-17-9-5-15(3-4-15)13(19)11-17/h12-13,16,19H,2-11H2,1H3/t12-,13+/m0/s1. The van der Waals surface area contributed by atoms with E-state index in [1.54, 1.807) is 0 Å². The number of β-amino-alcohol motifs (C(OH)–C–C–N with tert-alkyl or cyclic N) is 1. The lowest BCUT2D eigenvalue weighted by molar-refractivity contribution is -0.135. The second kappa shape index (κ2) is 5.62. The minimum Gasteiger partial charge on any atom is -0.391 e. The lowest BCUT2D eigenvalue weighted by atomic mass is 9.90. The molecule has 0 radical (unpaired) electrons. The molecule has 2 N–H and O–H groups in total. The number of aliphatic hydroxyl groups excluding tert-OH is 1. The Labute approximate surface area is 121 Å². The molecule has 2 saturated heterocycles. The number of carbonyl (C=O) groups is 1. The first-order valence-electron chi connectivity index (χ1n) is 8.03. The summed E-state index contributed by atoms with van der Waals surface area (Å²) in [5.74, 6) is 0.229. The van der Waals surface area contributed by atoms with E-state index in [1.165, 1.54) is 12.8 Å². The van der Waals surface area contributed by atoms with Crippen LogP contribution < -0.4 is 5.32 Å². The van der Waals surface area contributed by atoms with Crippen LogP contribution >= 0.6 is 0 Å². The monoisotopic (exact) mass is 281 g/mol. The van der Waals surface area contributed by atoms with Crippen molar-refractivity contribution in [3.05, 3.63) is 0 Å². The maximum Gasteiger partial charge on any atom is 0.239 e. The molecule has 3 fully saturated rings. The van der Waals surface area contributed by atoms with Gasteiger partial charge in [-0.15, -0.1) is 0 Å². The number of hydrogen-bond donors (Lipinski definition) is 2. The van der Waals surface area contributed by atoms with Crippen LogP contribution in [0.5, 0.6) is 0 Å². The number of carbonyl (C=O) groups excluding carboxylic acids is 1. The summed E-state index contributed by atoms with van der Waals surface area (Å²) < 4.78 is 0. The second-order valence-electron chi connectivity index (χ2n) is 6.78. The van der Waals surface area contributed by atoms with Gasteiger partial charge in [-0.2, -0.15) is 0 Å². The number of amides is 1. The fourth-order valence-electron chi connectivity index (χ4n) is 3.62. The minimum atomic E-state index is -0.128. The zero-order valence-electron chi connectivity index (χ0n) is 12.5. The Hall–Kier alpha value is -0.650. The van der Waals surface area contributed by atoms with Gasteiger partial charge in [-0.1, -0.05) is 0 Å². The van der Waals surface area contributed by atoms with Gasteiger partial charge < -0.3 is 20.2 Å². The van der Waals surface area contributed by atoms with Crippen molar-refractivity contribution in [1.29, 1.82) is 0 Å². The normalized spacial score (nSPS) is 33.7. The molecule has 3 rings (SSSR count). The van der Waals surface area contributed by atoms with Crippen molar-refractivity contribution in [2.24, 2.45) is 5.41 Å². The van der Waals surface area contributed by atoms with Gasteiger partial charge in [0.1, 0.15) is 0 Å². The molecule has 2 aliphatic heterocycles. The number of nitrogens with one attached hydrogen (secondary N) is 1. The number of piperidine rings is 1. The first kappa shape index (κ1) is 14.3. The molecule has 114 valence electrons. The summed E-state index contributed by atoms with van der Waals surface area (Å²) in [6.45, 7) is 7.45.